The fraction of sp³-hybridized carbons (Fsp3) is 0.333. The van der Waals surface area contributed by atoms with Gasteiger partial charge in [-0.25, -0.2) is 0 Å². The SMILES string of the molecule is Cc1ccc([C@@H](C)NC(=S)Nc2ccc(N3CCCC3=O)cc2)cc1C. The first-order chi connectivity index (χ1) is 12.4. The summed E-state index contributed by atoms with van der Waals surface area (Å²) in [6, 6.07) is 14.4. The molecule has 1 aliphatic rings. The zero-order chi connectivity index (χ0) is 18.7. The Morgan fingerprint density at radius 3 is 2.46 bits per heavy atom. The van der Waals surface area contributed by atoms with E-state index in [1.807, 2.05) is 29.2 Å². The molecule has 1 amide bonds. The van der Waals surface area contributed by atoms with Gasteiger partial charge in [-0.05, 0) is 80.4 Å². The van der Waals surface area contributed by atoms with Crippen molar-refractivity contribution in [1.82, 2.24) is 5.32 Å². The Labute approximate surface area is 160 Å². The normalized spacial score (nSPS) is 15.0. The third-order valence-electron chi connectivity index (χ3n) is 4.89. The maximum Gasteiger partial charge on any atom is 0.227 e. The largest absolute Gasteiger partial charge is 0.356 e. The summed E-state index contributed by atoms with van der Waals surface area (Å²) in [4.78, 5) is 13.7. The number of nitrogens with zero attached hydrogens (tertiary/aromatic N) is 1. The van der Waals surface area contributed by atoms with Crippen LogP contribution in [0, 0.1) is 13.8 Å². The van der Waals surface area contributed by atoms with E-state index < -0.39 is 0 Å². The van der Waals surface area contributed by atoms with Crippen molar-refractivity contribution in [2.24, 2.45) is 0 Å². The van der Waals surface area contributed by atoms with Crippen LogP contribution in [0.1, 0.15) is 42.5 Å². The van der Waals surface area contributed by atoms with Crippen molar-refractivity contribution in [3.8, 4) is 0 Å². The van der Waals surface area contributed by atoms with Gasteiger partial charge in [0.25, 0.3) is 0 Å². The Hall–Kier alpha value is -2.40. The number of aryl methyl sites for hydroxylation is 2. The van der Waals surface area contributed by atoms with Gasteiger partial charge in [0.1, 0.15) is 0 Å². The Kier molecular flexibility index (Phi) is 5.57. The van der Waals surface area contributed by atoms with Crippen LogP contribution in [0.3, 0.4) is 0 Å². The van der Waals surface area contributed by atoms with Gasteiger partial charge in [0, 0.05) is 24.3 Å². The molecule has 0 aromatic heterocycles. The van der Waals surface area contributed by atoms with E-state index in [-0.39, 0.29) is 11.9 Å². The molecular formula is C21H25N3OS. The van der Waals surface area contributed by atoms with Crippen LogP contribution in [0.5, 0.6) is 0 Å². The Morgan fingerprint density at radius 2 is 1.85 bits per heavy atom. The summed E-state index contributed by atoms with van der Waals surface area (Å²) in [7, 11) is 0. The summed E-state index contributed by atoms with van der Waals surface area (Å²) in [6.07, 6.45) is 1.58. The minimum atomic E-state index is 0.121. The number of carbonyl (C=O) groups excluding carboxylic acids is 1. The van der Waals surface area contributed by atoms with Gasteiger partial charge in [0.15, 0.2) is 5.11 Å². The van der Waals surface area contributed by atoms with Crippen LogP contribution in [-0.4, -0.2) is 17.6 Å². The van der Waals surface area contributed by atoms with E-state index in [0.717, 1.165) is 24.3 Å². The van der Waals surface area contributed by atoms with Gasteiger partial charge in [0.05, 0.1) is 6.04 Å². The molecule has 1 aliphatic heterocycles. The minimum absolute atomic E-state index is 0.121. The minimum Gasteiger partial charge on any atom is -0.356 e. The first-order valence-corrected chi connectivity index (χ1v) is 9.40. The summed E-state index contributed by atoms with van der Waals surface area (Å²) < 4.78 is 0. The zero-order valence-corrected chi connectivity index (χ0v) is 16.3. The molecule has 1 fully saturated rings. The molecule has 0 unspecified atom stereocenters. The van der Waals surface area contributed by atoms with Gasteiger partial charge in [-0.1, -0.05) is 18.2 Å². The Morgan fingerprint density at radius 1 is 1.12 bits per heavy atom. The molecule has 1 saturated heterocycles. The van der Waals surface area contributed by atoms with Crippen molar-refractivity contribution in [2.75, 3.05) is 16.8 Å². The van der Waals surface area contributed by atoms with Gasteiger partial charge in [-0.2, -0.15) is 0 Å². The van der Waals surface area contributed by atoms with E-state index in [9.17, 15) is 4.79 Å². The van der Waals surface area contributed by atoms with E-state index in [1.165, 1.54) is 16.7 Å². The van der Waals surface area contributed by atoms with Crippen molar-refractivity contribution in [3.63, 3.8) is 0 Å². The average Bonchev–Trinajstić information content (AvgIpc) is 3.04. The highest BCUT2D eigenvalue weighted by molar-refractivity contribution is 7.80. The first-order valence-electron chi connectivity index (χ1n) is 8.99. The molecule has 3 rings (SSSR count). The highest BCUT2D eigenvalue weighted by Crippen LogP contribution is 2.23. The molecule has 0 radical (unpaired) electrons. The fourth-order valence-electron chi connectivity index (χ4n) is 3.13. The summed E-state index contributed by atoms with van der Waals surface area (Å²) in [5.74, 6) is 0.199. The van der Waals surface area contributed by atoms with Gasteiger partial charge in [-0.3, -0.25) is 4.79 Å². The molecule has 1 atom stereocenters. The number of hydrogen-bond donors (Lipinski definition) is 2. The lowest BCUT2D eigenvalue weighted by atomic mass is 10.0. The predicted molar refractivity (Wildman–Crippen MR) is 112 cm³/mol. The molecule has 1 heterocycles. The average molecular weight is 368 g/mol. The molecule has 2 N–H and O–H groups in total. The summed E-state index contributed by atoms with van der Waals surface area (Å²) in [5, 5.41) is 7.12. The van der Waals surface area contributed by atoms with Crippen LogP contribution in [0.25, 0.3) is 0 Å². The smallest absolute Gasteiger partial charge is 0.227 e. The second-order valence-corrected chi connectivity index (χ2v) is 7.27. The second-order valence-electron chi connectivity index (χ2n) is 6.86. The number of amides is 1. The van der Waals surface area contributed by atoms with Crippen molar-refractivity contribution < 1.29 is 4.79 Å². The van der Waals surface area contributed by atoms with Crippen molar-refractivity contribution in [2.45, 2.75) is 39.7 Å². The molecule has 5 heteroatoms. The lowest BCUT2D eigenvalue weighted by Gasteiger charge is -2.19. The summed E-state index contributed by atoms with van der Waals surface area (Å²) in [5.41, 5.74) is 5.63. The zero-order valence-electron chi connectivity index (χ0n) is 15.5. The van der Waals surface area contributed by atoms with E-state index in [2.05, 4.69) is 49.6 Å². The molecule has 4 nitrogen and oxygen atoms in total. The lowest BCUT2D eigenvalue weighted by molar-refractivity contribution is -0.117. The second kappa shape index (κ2) is 7.87. The highest BCUT2D eigenvalue weighted by Gasteiger charge is 2.21. The number of nitrogens with one attached hydrogen (secondary N) is 2. The predicted octanol–water partition coefficient (Wildman–Crippen LogP) is 4.48. The van der Waals surface area contributed by atoms with Crippen molar-refractivity contribution in [1.29, 1.82) is 0 Å². The third kappa shape index (κ3) is 4.22. The molecule has 0 saturated carbocycles. The van der Waals surface area contributed by atoms with E-state index in [0.29, 0.717) is 11.5 Å². The number of rotatable bonds is 4. The maximum atomic E-state index is 11.8. The third-order valence-corrected chi connectivity index (χ3v) is 5.11. The molecule has 0 bridgehead atoms. The number of benzene rings is 2. The summed E-state index contributed by atoms with van der Waals surface area (Å²) >= 11 is 5.44. The van der Waals surface area contributed by atoms with Crippen molar-refractivity contribution in [3.05, 3.63) is 59.2 Å². The van der Waals surface area contributed by atoms with E-state index >= 15 is 0 Å². The molecule has 26 heavy (non-hydrogen) atoms. The Balaban J connectivity index is 1.59. The molecule has 2 aromatic rings. The summed E-state index contributed by atoms with van der Waals surface area (Å²) in [6.45, 7) is 7.14. The fourth-order valence-corrected chi connectivity index (χ4v) is 3.42. The quantitative estimate of drug-likeness (QED) is 0.782. The van der Waals surface area contributed by atoms with Crippen LogP contribution in [-0.2, 0) is 4.79 Å². The van der Waals surface area contributed by atoms with Crippen LogP contribution < -0.4 is 15.5 Å². The monoisotopic (exact) mass is 367 g/mol. The Bertz CT molecular complexity index is 817. The van der Waals surface area contributed by atoms with Crippen LogP contribution in [0.4, 0.5) is 11.4 Å². The molecule has 2 aromatic carbocycles. The van der Waals surface area contributed by atoms with E-state index in [4.69, 9.17) is 12.2 Å². The number of carbonyl (C=O) groups is 1. The highest BCUT2D eigenvalue weighted by atomic mass is 32.1. The topological polar surface area (TPSA) is 44.4 Å². The molecule has 0 aliphatic carbocycles. The van der Waals surface area contributed by atoms with Gasteiger partial charge in [-0.15, -0.1) is 0 Å². The standard InChI is InChI=1S/C21H25N3OS/c1-14-6-7-17(13-15(14)2)16(3)22-21(26)23-18-8-10-19(11-9-18)24-12-4-5-20(24)25/h6-11,13,16H,4-5,12H2,1-3H3,(H2,22,23,26)/t16-/m1/s1. The van der Waals surface area contributed by atoms with Crippen LogP contribution in [0.15, 0.2) is 42.5 Å². The van der Waals surface area contributed by atoms with Crippen molar-refractivity contribution >= 4 is 34.6 Å². The van der Waals surface area contributed by atoms with Gasteiger partial charge < -0.3 is 15.5 Å². The lowest BCUT2D eigenvalue weighted by Crippen LogP contribution is -2.31. The molecular weight excluding hydrogens is 342 g/mol. The van der Waals surface area contributed by atoms with Gasteiger partial charge >= 0.3 is 0 Å². The number of thiocarbonyl (C=S) groups is 1. The first kappa shape index (κ1) is 18.4. The van der Waals surface area contributed by atoms with Gasteiger partial charge in [0.2, 0.25) is 5.91 Å². The molecule has 136 valence electrons. The van der Waals surface area contributed by atoms with Crippen LogP contribution >= 0.6 is 12.2 Å². The molecule has 0 spiro atoms. The van der Waals surface area contributed by atoms with E-state index in [1.54, 1.807) is 0 Å². The maximum absolute atomic E-state index is 11.8. The number of anilines is 2. The number of hydrogen-bond acceptors (Lipinski definition) is 2. The van der Waals surface area contributed by atoms with Crippen LogP contribution in [0.2, 0.25) is 0 Å².